The van der Waals surface area contributed by atoms with Crippen molar-refractivity contribution in [3.8, 4) is 0 Å². The summed E-state index contributed by atoms with van der Waals surface area (Å²) in [5, 5.41) is 0. The minimum Gasteiger partial charge on any atom is -0.381 e. The molecule has 9 heteroatoms. The van der Waals surface area contributed by atoms with Gasteiger partial charge in [0.25, 0.3) is 0 Å². The van der Waals surface area contributed by atoms with Gasteiger partial charge in [-0.3, -0.25) is 4.98 Å². The number of rotatable bonds is 6. The monoisotopic (exact) mass is 609 g/mol. The van der Waals surface area contributed by atoms with Gasteiger partial charge in [0.15, 0.2) is 0 Å². The molecule has 1 aromatic carbocycles. The Morgan fingerprint density at radius 3 is 2.24 bits per heavy atom. The van der Waals surface area contributed by atoms with Gasteiger partial charge in [-0.2, -0.15) is 13.2 Å². The fourth-order valence-electron chi connectivity index (χ4n) is 6.83. The summed E-state index contributed by atoms with van der Waals surface area (Å²) in [6, 6.07) is 5.37. The number of benzene rings is 1. The lowest BCUT2D eigenvalue weighted by molar-refractivity contribution is -0.137. The topological polar surface area (TPSA) is 49.8 Å². The third-order valence-corrected chi connectivity index (χ3v) is 13.8. The molecule has 2 aromatic rings. The van der Waals surface area contributed by atoms with Crippen molar-refractivity contribution in [2.24, 2.45) is 5.41 Å². The highest BCUT2D eigenvalue weighted by molar-refractivity contribution is 8.30. The van der Waals surface area contributed by atoms with Crippen molar-refractivity contribution >= 4 is 10.3 Å². The van der Waals surface area contributed by atoms with Crippen molar-refractivity contribution in [1.29, 1.82) is 0 Å². The van der Waals surface area contributed by atoms with Crippen molar-refractivity contribution in [2.45, 2.75) is 103 Å². The Hall–Kier alpha value is -1.65. The molecule has 42 heavy (non-hydrogen) atoms. The van der Waals surface area contributed by atoms with Gasteiger partial charge >= 0.3 is 6.18 Å². The fourth-order valence-corrected chi connectivity index (χ4v) is 8.79. The molecule has 0 N–H and O–H groups in total. The number of nitrogens with zero attached hydrogens (tertiary/aromatic N) is 1. The van der Waals surface area contributed by atoms with Gasteiger partial charge in [-0.05, 0) is 53.5 Å². The Bertz CT molecular complexity index is 1300. The predicted octanol–water partition coefficient (Wildman–Crippen LogP) is 8.57. The number of methoxy groups -OCH3 is 1. The maximum Gasteiger partial charge on any atom is 0.416 e. The number of fused-ring (bicyclic) bond motifs is 4. The zero-order chi connectivity index (χ0) is 30.7. The van der Waals surface area contributed by atoms with E-state index in [1.54, 1.807) is 19.2 Å². The van der Waals surface area contributed by atoms with Gasteiger partial charge in [0.05, 0.1) is 29.6 Å². The maximum atomic E-state index is 13.4. The number of ether oxygens (including phenoxy) is 3. The minimum atomic E-state index is -4.41. The van der Waals surface area contributed by atoms with E-state index in [4.69, 9.17) is 23.4 Å². The average molecular weight is 610 g/mol. The normalized spacial score (nSPS) is 25.5. The van der Waals surface area contributed by atoms with Crippen LogP contribution in [0.5, 0.6) is 0 Å². The van der Waals surface area contributed by atoms with Crippen molar-refractivity contribution in [1.82, 2.24) is 4.98 Å². The van der Waals surface area contributed by atoms with Crippen molar-refractivity contribution in [3.05, 3.63) is 63.5 Å². The van der Waals surface area contributed by atoms with Gasteiger partial charge in [-0.1, -0.05) is 53.7 Å². The van der Waals surface area contributed by atoms with Crippen LogP contribution < -0.4 is 0 Å². The van der Waals surface area contributed by atoms with E-state index in [9.17, 15) is 13.2 Å². The molecule has 1 unspecified atom stereocenters. The van der Waals surface area contributed by atoms with Crippen molar-refractivity contribution in [2.75, 3.05) is 32.3 Å². The van der Waals surface area contributed by atoms with E-state index >= 15 is 0 Å². The Kier molecular flexibility index (Phi) is 8.36. The highest BCUT2D eigenvalue weighted by Gasteiger charge is 2.53. The Balaban J connectivity index is 1.75. The summed E-state index contributed by atoms with van der Waals surface area (Å²) < 4.78 is 66.2. The number of halogens is 3. The lowest BCUT2D eigenvalue weighted by Gasteiger charge is -2.51. The molecular weight excluding hydrogens is 563 g/mol. The molecular formula is C33H46F3NO4S. The molecule has 5 rings (SSSR count). The van der Waals surface area contributed by atoms with E-state index in [-0.39, 0.29) is 22.9 Å². The second kappa shape index (κ2) is 11.1. The van der Waals surface area contributed by atoms with Crippen LogP contribution in [0, 0.1) is 5.41 Å². The third-order valence-electron chi connectivity index (χ3n) is 9.49. The van der Waals surface area contributed by atoms with Crippen molar-refractivity contribution < 1.29 is 31.6 Å². The molecule has 1 spiro atoms. The molecule has 3 atom stereocenters. The fraction of sp³-hybridized carbons (Fsp3) is 0.667. The summed E-state index contributed by atoms with van der Waals surface area (Å²) in [7, 11) is 0.174. The molecule has 1 aliphatic carbocycles. The zero-order valence-corrected chi connectivity index (χ0v) is 27.1. The molecule has 1 aromatic heterocycles. The molecule has 3 aliphatic rings. The Morgan fingerprint density at radius 2 is 1.69 bits per heavy atom. The second-order valence-corrected chi connectivity index (χ2v) is 17.9. The van der Waals surface area contributed by atoms with Crippen LogP contribution >= 0.6 is 10.3 Å². The minimum absolute atomic E-state index is 0.0221. The molecule has 5 nitrogen and oxygen atoms in total. The number of alkyl halides is 3. The van der Waals surface area contributed by atoms with Crippen molar-refractivity contribution in [3.63, 3.8) is 0 Å². The van der Waals surface area contributed by atoms with Gasteiger partial charge in [0, 0.05) is 54.7 Å². The Morgan fingerprint density at radius 1 is 1.05 bits per heavy atom. The van der Waals surface area contributed by atoms with Crippen LogP contribution in [0.4, 0.5) is 13.2 Å². The van der Waals surface area contributed by atoms with Crippen LogP contribution in [-0.2, 0) is 43.2 Å². The highest BCUT2D eigenvalue weighted by Crippen LogP contribution is 2.64. The third kappa shape index (κ3) is 5.65. The van der Waals surface area contributed by atoms with Gasteiger partial charge < -0.3 is 18.4 Å². The van der Waals surface area contributed by atoms with E-state index in [1.807, 2.05) is 0 Å². The summed E-state index contributed by atoms with van der Waals surface area (Å²) in [4.78, 5) is 5.26. The maximum absolute atomic E-state index is 13.4. The van der Waals surface area contributed by atoms with Gasteiger partial charge in [0.1, 0.15) is 6.10 Å². The molecule has 0 radical (unpaired) electrons. The zero-order valence-electron chi connectivity index (χ0n) is 26.2. The lowest BCUT2D eigenvalue weighted by atomic mass is 9.70. The van der Waals surface area contributed by atoms with E-state index in [1.165, 1.54) is 0 Å². The van der Waals surface area contributed by atoms with Gasteiger partial charge in [0.2, 0.25) is 0 Å². The second-order valence-electron chi connectivity index (χ2n) is 13.9. The number of hydrogen-bond acceptors (Lipinski definition) is 5. The first-order valence-corrected chi connectivity index (χ1v) is 17.1. The van der Waals surface area contributed by atoms with Crippen LogP contribution in [0.15, 0.2) is 24.3 Å². The standard InChI is InChI=1S/C33H46F3NO4S/c1-9-42(8,30(2,3)4)41-25-19-31(5,6)18-23-26(25)28-27(24(37-23)20-38-7)29(40-32(28)14-16-39-17-15-32)21-10-12-22(13-11-21)33(34,35)36/h10-13,25,29H,9,14-20H2,1-8H3/t25-,29+/m0/s1. The summed E-state index contributed by atoms with van der Waals surface area (Å²) in [5.41, 5.74) is 4.31. The van der Waals surface area contributed by atoms with E-state index in [2.05, 4.69) is 47.8 Å². The SMILES string of the molecule is CCS(C)(O[C@H]1CC(C)(C)Cc2nc(COC)c3c(c21)C1(CCOCC1)O[C@@H]3c1ccc(C(F)(F)F)cc1)C(C)(C)C. The van der Waals surface area contributed by atoms with E-state index in [0.29, 0.717) is 31.6 Å². The average Bonchev–Trinajstić information content (AvgIpc) is 3.21. The molecule has 3 heterocycles. The molecule has 1 saturated heterocycles. The number of pyridine rings is 1. The first-order valence-electron chi connectivity index (χ1n) is 15.0. The van der Waals surface area contributed by atoms with Crippen LogP contribution in [0.3, 0.4) is 0 Å². The van der Waals surface area contributed by atoms with Crippen LogP contribution in [0.25, 0.3) is 0 Å². The smallest absolute Gasteiger partial charge is 0.381 e. The first-order chi connectivity index (χ1) is 19.5. The molecule has 0 saturated carbocycles. The van der Waals surface area contributed by atoms with Crippen LogP contribution in [-0.4, -0.2) is 42.1 Å². The lowest BCUT2D eigenvalue weighted by Crippen LogP contribution is -2.38. The number of aromatic nitrogens is 1. The largest absolute Gasteiger partial charge is 0.416 e. The predicted molar refractivity (Wildman–Crippen MR) is 161 cm³/mol. The molecule has 1 fully saturated rings. The van der Waals surface area contributed by atoms with Crippen LogP contribution in [0.2, 0.25) is 0 Å². The molecule has 0 bridgehead atoms. The summed E-state index contributed by atoms with van der Waals surface area (Å²) >= 11 is 0. The van der Waals surface area contributed by atoms with Gasteiger partial charge in [-0.25, -0.2) is 0 Å². The van der Waals surface area contributed by atoms with Crippen LogP contribution in [0.1, 0.15) is 112 Å². The summed E-state index contributed by atoms with van der Waals surface area (Å²) in [6.07, 6.45) is 0.121. The highest BCUT2D eigenvalue weighted by atomic mass is 32.3. The number of hydrogen-bond donors (Lipinski definition) is 0. The first kappa shape index (κ1) is 31.8. The van der Waals surface area contributed by atoms with E-state index in [0.717, 1.165) is 58.8 Å². The quantitative estimate of drug-likeness (QED) is 0.328. The van der Waals surface area contributed by atoms with E-state index < -0.39 is 33.8 Å². The summed E-state index contributed by atoms with van der Waals surface area (Å²) in [6.45, 7) is 14.9. The molecule has 0 amide bonds. The Labute approximate surface area is 250 Å². The summed E-state index contributed by atoms with van der Waals surface area (Å²) in [5.74, 6) is 0.934. The molecule has 234 valence electrons. The molecule has 2 aliphatic heterocycles. The van der Waals surface area contributed by atoms with Gasteiger partial charge in [-0.15, -0.1) is 10.3 Å².